The lowest BCUT2D eigenvalue weighted by Gasteiger charge is -2.23. The number of anilines is 1. The number of methoxy groups -OCH3 is 1. The van der Waals surface area contributed by atoms with E-state index in [0.29, 0.717) is 18.9 Å². The molecule has 5 nitrogen and oxygen atoms in total. The standard InChI is InChI=1S/C29H45N3O2/c1-3-4-5-6-7-8-11-17-29(33)32(25-26-18-20-27(34-2)21-19-26)24-15-10-9-13-22-30-28-16-12-14-23-31-28/h12,14,16,18-21,23H,3-11,13,15,17,22,24-25H2,1-2H3,(H,30,31). The van der Waals surface area contributed by atoms with E-state index in [4.69, 9.17) is 4.74 Å². The fraction of sp³-hybridized carbons (Fsp3) is 0.586. The van der Waals surface area contributed by atoms with E-state index in [2.05, 4.69) is 34.3 Å². The summed E-state index contributed by atoms with van der Waals surface area (Å²) in [5.41, 5.74) is 1.16. The molecule has 0 atom stereocenters. The van der Waals surface area contributed by atoms with E-state index in [-0.39, 0.29) is 0 Å². The van der Waals surface area contributed by atoms with Crippen molar-refractivity contribution in [2.45, 2.75) is 90.5 Å². The number of unbranched alkanes of at least 4 members (excludes halogenated alkanes) is 9. The lowest BCUT2D eigenvalue weighted by Crippen LogP contribution is -2.31. The smallest absolute Gasteiger partial charge is 0.222 e. The first-order valence-electron chi connectivity index (χ1n) is 13.3. The quantitative estimate of drug-likeness (QED) is 0.221. The molecule has 0 radical (unpaired) electrons. The van der Waals surface area contributed by atoms with E-state index in [9.17, 15) is 4.79 Å². The molecule has 1 aromatic heterocycles. The Morgan fingerprint density at radius 3 is 2.29 bits per heavy atom. The Kier molecular flexibility index (Phi) is 14.5. The SMILES string of the molecule is CCCCCCCCCC(=O)N(CCCCCCNc1ccccn1)Cc1ccc(OC)cc1. The lowest BCUT2D eigenvalue weighted by molar-refractivity contribution is -0.132. The first-order chi connectivity index (χ1) is 16.7. The number of rotatable bonds is 19. The van der Waals surface area contributed by atoms with Crippen molar-refractivity contribution in [1.29, 1.82) is 0 Å². The summed E-state index contributed by atoms with van der Waals surface area (Å²) in [5, 5.41) is 3.36. The number of carbonyl (C=O) groups excluding carboxylic acids is 1. The van der Waals surface area contributed by atoms with Crippen molar-refractivity contribution in [2.24, 2.45) is 0 Å². The molecule has 0 saturated carbocycles. The second kappa shape index (κ2) is 17.9. The minimum absolute atomic E-state index is 0.293. The molecule has 5 heteroatoms. The van der Waals surface area contributed by atoms with Crippen LogP contribution >= 0.6 is 0 Å². The summed E-state index contributed by atoms with van der Waals surface area (Å²) in [6.07, 6.45) is 15.6. The third-order valence-electron chi connectivity index (χ3n) is 6.21. The summed E-state index contributed by atoms with van der Waals surface area (Å²) in [4.78, 5) is 19.4. The Hall–Kier alpha value is -2.56. The van der Waals surface area contributed by atoms with E-state index in [1.54, 1.807) is 7.11 Å². The zero-order chi connectivity index (χ0) is 24.3. The zero-order valence-corrected chi connectivity index (χ0v) is 21.4. The highest BCUT2D eigenvalue weighted by Gasteiger charge is 2.13. The van der Waals surface area contributed by atoms with Gasteiger partial charge in [0.15, 0.2) is 0 Å². The Bertz CT molecular complexity index is 765. The van der Waals surface area contributed by atoms with Crippen molar-refractivity contribution in [3.05, 3.63) is 54.2 Å². The molecule has 0 aliphatic carbocycles. The number of aromatic nitrogens is 1. The van der Waals surface area contributed by atoms with E-state index in [1.807, 2.05) is 36.5 Å². The number of carbonyl (C=O) groups is 1. The minimum Gasteiger partial charge on any atom is -0.497 e. The summed E-state index contributed by atoms with van der Waals surface area (Å²) in [5.74, 6) is 2.08. The normalized spacial score (nSPS) is 10.8. The van der Waals surface area contributed by atoms with Crippen molar-refractivity contribution < 1.29 is 9.53 Å². The summed E-state index contributed by atoms with van der Waals surface area (Å²) in [6, 6.07) is 14.0. The van der Waals surface area contributed by atoms with E-state index in [0.717, 1.165) is 68.7 Å². The van der Waals surface area contributed by atoms with Crippen LogP contribution in [-0.4, -0.2) is 36.0 Å². The summed E-state index contributed by atoms with van der Waals surface area (Å²) in [7, 11) is 1.68. The van der Waals surface area contributed by atoms with Crippen molar-refractivity contribution in [2.75, 3.05) is 25.5 Å². The molecule has 0 unspecified atom stereocenters. The average Bonchev–Trinajstić information content (AvgIpc) is 2.87. The fourth-order valence-electron chi connectivity index (χ4n) is 4.10. The van der Waals surface area contributed by atoms with E-state index >= 15 is 0 Å². The maximum Gasteiger partial charge on any atom is 0.222 e. The minimum atomic E-state index is 0.293. The molecule has 0 aliphatic rings. The van der Waals surface area contributed by atoms with Crippen molar-refractivity contribution in [1.82, 2.24) is 9.88 Å². The monoisotopic (exact) mass is 467 g/mol. The van der Waals surface area contributed by atoms with Crippen LogP contribution < -0.4 is 10.1 Å². The van der Waals surface area contributed by atoms with Gasteiger partial charge < -0.3 is 15.0 Å². The number of hydrogen-bond donors (Lipinski definition) is 1. The first kappa shape index (κ1) is 27.7. The lowest BCUT2D eigenvalue weighted by atomic mass is 10.1. The highest BCUT2D eigenvalue weighted by molar-refractivity contribution is 5.76. The maximum atomic E-state index is 13.0. The highest BCUT2D eigenvalue weighted by Crippen LogP contribution is 2.16. The third-order valence-corrected chi connectivity index (χ3v) is 6.21. The third kappa shape index (κ3) is 12.1. The van der Waals surface area contributed by atoms with Gasteiger partial charge in [0.2, 0.25) is 5.91 Å². The number of nitrogens with zero attached hydrogens (tertiary/aromatic N) is 2. The van der Waals surface area contributed by atoms with Gasteiger partial charge in [-0.1, -0.05) is 76.5 Å². The van der Waals surface area contributed by atoms with Crippen LogP contribution in [0.2, 0.25) is 0 Å². The van der Waals surface area contributed by atoms with Crippen LogP contribution in [-0.2, 0) is 11.3 Å². The second-order valence-electron chi connectivity index (χ2n) is 9.09. The maximum absolute atomic E-state index is 13.0. The first-order valence-corrected chi connectivity index (χ1v) is 13.3. The van der Waals surface area contributed by atoms with E-state index in [1.165, 1.54) is 32.1 Å². The molecular formula is C29H45N3O2. The Morgan fingerprint density at radius 2 is 1.59 bits per heavy atom. The molecular weight excluding hydrogens is 422 g/mol. The molecule has 1 heterocycles. The number of pyridine rings is 1. The molecule has 188 valence electrons. The number of benzene rings is 1. The van der Waals surface area contributed by atoms with Crippen LogP contribution in [0.5, 0.6) is 5.75 Å². The molecule has 0 saturated heterocycles. The molecule has 0 spiro atoms. The van der Waals surface area contributed by atoms with Gasteiger partial charge in [-0.2, -0.15) is 0 Å². The zero-order valence-electron chi connectivity index (χ0n) is 21.4. The molecule has 34 heavy (non-hydrogen) atoms. The number of ether oxygens (including phenoxy) is 1. The van der Waals surface area contributed by atoms with Gasteiger partial charge in [0.25, 0.3) is 0 Å². The average molecular weight is 468 g/mol. The Balaban J connectivity index is 1.71. The van der Waals surface area contributed by atoms with Crippen molar-refractivity contribution >= 4 is 11.7 Å². The Labute approximate surface area is 207 Å². The van der Waals surface area contributed by atoms with Gasteiger partial charge in [-0.05, 0) is 49.1 Å². The van der Waals surface area contributed by atoms with Gasteiger partial charge in [-0.3, -0.25) is 4.79 Å². The molecule has 0 bridgehead atoms. The predicted octanol–water partition coefficient (Wildman–Crippen LogP) is 7.23. The molecule has 0 aliphatic heterocycles. The van der Waals surface area contributed by atoms with Crippen LogP contribution in [0.4, 0.5) is 5.82 Å². The van der Waals surface area contributed by atoms with Crippen LogP contribution in [0.1, 0.15) is 89.5 Å². The topological polar surface area (TPSA) is 54.5 Å². The largest absolute Gasteiger partial charge is 0.497 e. The van der Waals surface area contributed by atoms with Crippen LogP contribution in [0.3, 0.4) is 0 Å². The highest BCUT2D eigenvalue weighted by atomic mass is 16.5. The van der Waals surface area contributed by atoms with Crippen LogP contribution in [0.25, 0.3) is 0 Å². The molecule has 1 amide bonds. The molecule has 2 rings (SSSR count). The fourth-order valence-corrected chi connectivity index (χ4v) is 4.10. The van der Waals surface area contributed by atoms with Crippen LogP contribution in [0.15, 0.2) is 48.7 Å². The summed E-state index contributed by atoms with van der Waals surface area (Å²) in [6.45, 7) is 4.69. The summed E-state index contributed by atoms with van der Waals surface area (Å²) < 4.78 is 5.27. The van der Waals surface area contributed by atoms with Crippen molar-refractivity contribution in [3.63, 3.8) is 0 Å². The number of hydrogen-bond acceptors (Lipinski definition) is 4. The van der Waals surface area contributed by atoms with Gasteiger partial charge in [-0.15, -0.1) is 0 Å². The van der Waals surface area contributed by atoms with Crippen LogP contribution in [0, 0.1) is 0 Å². The van der Waals surface area contributed by atoms with E-state index < -0.39 is 0 Å². The molecule has 1 N–H and O–H groups in total. The molecule has 0 fully saturated rings. The van der Waals surface area contributed by atoms with Gasteiger partial charge in [0, 0.05) is 32.3 Å². The molecule has 2 aromatic rings. The van der Waals surface area contributed by atoms with Gasteiger partial charge in [0.05, 0.1) is 7.11 Å². The Morgan fingerprint density at radius 1 is 0.882 bits per heavy atom. The van der Waals surface area contributed by atoms with Gasteiger partial charge in [0.1, 0.15) is 11.6 Å². The predicted molar refractivity (Wildman–Crippen MR) is 142 cm³/mol. The van der Waals surface area contributed by atoms with Gasteiger partial charge in [-0.25, -0.2) is 4.98 Å². The second-order valence-corrected chi connectivity index (χ2v) is 9.09. The molecule has 1 aromatic carbocycles. The van der Waals surface area contributed by atoms with Crippen molar-refractivity contribution in [3.8, 4) is 5.75 Å². The summed E-state index contributed by atoms with van der Waals surface area (Å²) >= 11 is 0. The number of nitrogens with one attached hydrogen (secondary N) is 1. The number of amides is 1. The van der Waals surface area contributed by atoms with Gasteiger partial charge >= 0.3 is 0 Å².